The van der Waals surface area contributed by atoms with Gasteiger partial charge in [-0.3, -0.25) is 4.79 Å². The highest BCUT2D eigenvalue weighted by molar-refractivity contribution is 5.09. The highest BCUT2D eigenvalue weighted by Crippen LogP contribution is 2.29. The lowest BCUT2D eigenvalue weighted by Crippen LogP contribution is -2.30. The van der Waals surface area contributed by atoms with Crippen molar-refractivity contribution < 1.29 is 4.74 Å². The summed E-state index contributed by atoms with van der Waals surface area (Å²) < 4.78 is 5.89. The number of aromatic amines is 1. The van der Waals surface area contributed by atoms with E-state index in [1.165, 1.54) is 25.3 Å². The van der Waals surface area contributed by atoms with E-state index in [0.29, 0.717) is 17.6 Å². The fraction of sp³-hybridized carbons (Fsp3) is 0.692. The fourth-order valence-corrected chi connectivity index (χ4v) is 2.56. The van der Waals surface area contributed by atoms with Gasteiger partial charge in [0.15, 0.2) is 0 Å². The molecule has 0 saturated heterocycles. The molecule has 0 aliphatic heterocycles. The van der Waals surface area contributed by atoms with E-state index < -0.39 is 0 Å². The lowest BCUT2D eigenvalue weighted by atomic mass is 9.85. The molecule has 0 bridgehead atoms. The smallest absolute Gasteiger partial charge is 0.254 e. The van der Waals surface area contributed by atoms with Crippen molar-refractivity contribution in [2.45, 2.75) is 52.1 Å². The number of ether oxygens (including phenoxy) is 1. The van der Waals surface area contributed by atoms with Gasteiger partial charge in [0.25, 0.3) is 5.56 Å². The summed E-state index contributed by atoms with van der Waals surface area (Å²) in [6.07, 6.45) is 6.16. The molecule has 1 aliphatic rings. The normalized spacial score (nSPS) is 24.6. The van der Waals surface area contributed by atoms with Crippen LogP contribution in [0.3, 0.4) is 0 Å². The molecule has 2 unspecified atom stereocenters. The summed E-state index contributed by atoms with van der Waals surface area (Å²) in [5.41, 5.74) is -0.142. The zero-order chi connectivity index (χ0) is 12.3. The number of H-pyrrole nitrogens is 1. The summed E-state index contributed by atoms with van der Waals surface area (Å²) in [6, 6.07) is 1.44. The third kappa shape index (κ3) is 3.08. The Labute approximate surface area is 101 Å². The van der Waals surface area contributed by atoms with Crippen molar-refractivity contribution >= 4 is 0 Å². The van der Waals surface area contributed by atoms with Gasteiger partial charge < -0.3 is 9.72 Å². The predicted molar refractivity (Wildman–Crippen MR) is 66.3 cm³/mol. The summed E-state index contributed by atoms with van der Waals surface area (Å²) in [6.45, 7) is 3.97. The minimum absolute atomic E-state index is 0.142. The van der Waals surface area contributed by atoms with E-state index in [1.54, 1.807) is 6.92 Å². The minimum atomic E-state index is -0.142. The van der Waals surface area contributed by atoms with Crippen LogP contribution in [0.4, 0.5) is 0 Å². The molecule has 1 aromatic rings. The van der Waals surface area contributed by atoms with Gasteiger partial charge in [-0.05, 0) is 38.5 Å². The first-order valence-corrected chi connectivity index (χ1v) is 6.43. The molecule has 1 saturated carbocycles. The third-order valence-electron chi connectivity index (χ3n) is 3.47. The molecule has 0 amide bonds. The number of hydrogen-bond acceptors (Lipinski definition) is 3. The van der Waals surface area contributed by atoms with Crippen molar-refractivity contribution in [1.29, 1.82) is 0 Å². The second-order valence-corrected chi connectivity index (χ2v) is 4.78. The zero-order valence-electron chi connectivity index (χ0n) is 10.5. The maximum Gasteiger partial charge on any atom is 0.254 e. The third-order valence-corrected chi connectivity index (χ3v) is 3.47. The standard InChI is InChI=1S/C13H20N2O2/c1-3-10-6-4-5-7-11(10)17-13-8-12(16)14-9(2)15-13/h8,10-11H,3-7H2,1-2H3,(H,14,15,16). The van der Waals surface area contributed by atoms with Crippen molar-refractivity contribution in [3.05, 3.63) is 22.2 Å². The van der Waals surface area contributed by atoms with Gasteiger partial charge in [-0.2, -0.15) is 0 Å². The molecule has 1 aromatic heterocycles. The van der Waals surface area contributed by atoms with Crippen molar-refractivity contribution in [2.75, 3.05) is 0 Å². The molecule has 2 rings (SSSR count). The van der Waals surface area contributed by atoms with Crippen LogP contribution in [0.15, 0.2) is 10.9 Å². The van der Waals surface area contributed by atoms with E-state index in [9.17, 15) is 4.79 Å². The molecule has 17 heavy (non-hydrogen) atoms. The van der Waals surface area contributed by atoms with Crippen LogP contribution in [-0.2, 0) is 0 Å². The highest BCUT2D eigenvalue weighted by Gasteiger charge is 2.25. The number of aryl methyl sites for hydroxylation is 1. The summed E-state index contributed by atoms with van der Waals surface area (Å²) in [7, 11) is 0. The summed E-state index contributed by atoms with van der Waals surface area (Å²) in [5, 5.41) is 0. The molecule has 4 heteroatoms. The second kappa shape index (κ2) is 5.34. The summed E-state index contributed by atoms with van der Waals surface area (Å²) in [5.74, 6) is 1.68. The van der Waals surface area contributed by atoms with E-state index in [4.69, 9.17) is 4.74 Å². The summed E-state index contributed by atoms with van der Waals surface area (Å²) in [4.78, 5) is 18.2. The molecule has 0 spiro atoms. The number of aromatic nitrogens is 2. The van der Waals surface area contributed by atoms with Gasteiger partial charge in [0, 0.05) is 0 Å². The average Bonchev–Trinajstić information content (AvgIpc) is 2.28. The van der Waals surface area contributed by atoms with E-state index in [1.807, 2.05) is 0 Å². The number of nitrogens with zero attached hydrogens (tertiary/aromatic N) is 1. The molecule has 1 N–H and O–H groups in total. The van der Waals surface area contributed by atoms with Crippen LogP contribution >= 0.6 is 0 Å². The Morgan fingerprint density at radius 2 is 2.24 bits per heavy atom. The number of rotatable bonds is 3. The molecule has 4 nitrogen and oxygen atoms in total. The number of nitrogens with one attached hydrogen (secondary N) is 1. The van der Waals surface area contributed by atoms with Gasteiger partial charge in [-0.1, -0.05) is 13.3 Å². The van der Waals surface area contributed by atoms with Gasteiger partial charge in [0.2, 0.25) is 5.88 Å². The largest absolute Gasteiger partial charge is 0.474 e. The van der Waals surface area contributed by atoms with Crippen molar-refractivity contribution in [3.63, 3.8) is 0 Å². The Bertz CT molecular complexity index is 428. The quantitative estimate of drug-likeness (QED) is 0.877. The fourth-order valence-electron chi connectivity index (χ4n) is 2.56. The molecular weight excluding hydrogens is 216 g/mol. The van der Waals surface area contributed by atoms with E-state index >= 15 is 0 Å². The zero-order valence-corrected chi connectivity index (χ0v) is 10.5. The molecule has 94 valence electrons. The van der Waals surface area contributed by atoms with Crippen LogP contribution in [0.5, 0.6) is 5.88 Å². The average molecular weight is 236 g/mol. The lowest BCUT2D eigenvalue weighted by Gasteiger charge is -2.30. The van der Waals surface area contributed by atoms with Gasteiger partial charge in [-0.15, -0.1) is 0 Å². The van der Waals surface area contributed by atoms with Crippen LogP contribution < -0.4 is 10.3 Å². The van der Waals surface area contributed by atoms with Gasteiger partial charge in [-0.25, -0.2) is 4.98 Å². The van der Waals surface area contributed by atoms with E-state index in [0.717, 1.165) is 12.8 Å². The van der Waals surface area contributed by atoms with Crippen molar-refractivity contribution in [2.24, 2.45) is 5.92 Å². The predicted octanol–water partition coefficient (Wildman–Crippen LogP) is 2.43. The SMILES string of the molecule is CCC1CCCCC1Oc1cc(=O)[nH]c(C)n1. The number of hydrogen-bond donors (Lipinski definition) is 1. The molecule has 1 heterocycles. The highest BCUT2D eigenvalue weighted by atomic mass is 16.5. The van der Waals surface area contributed by atoms with Crippen LogP contribution in [0.1, 0.15) is 44.9 Å². The van der Waals surface area contributed by atoms with Gasteiger partial charge >= 0.3 is 0 Å². The lowest BCUT2D eigenvalue weighted by molar-refractivity contribution is 0.0854. The van der Waals surface area contributed by atoms with E-state index in [-0.39, 0.29) is 11.7 Å². The minimum Gasteiger partial charge on any atom is -0.474 e. The van der Waals surface area contributed by atoms with Crippen LogP contribution in [0.2, 0.25) is 0 Å². The van der Waals surface area contributed by atoms with Gasteiger partial charge in [0.1, 0.15) is 11.9 Å². The van der Waals surface area contributed by atoms with Crippen LogP contribution in [0.25, 0.3) is 0 Å². The second-order valence-electron chi connectivity index (χ2n) is 4.78. The maximum absolute atomic E-state index is 11.3. The monoisotopic (exact) mass is 236 g/mol. The Morgan fingerprint density at radius 1 is 1.47 bits per heavy atom. The Morgan fingerprint density at radius 3 is 2.94 bits per heavy atom. The molecule has 2 atom stereocenters. The first-order valence-electron chi connectivity index (χ1n) is 6.43. The van der Waals surface area contributed by atoms with Crippen molar-refractivity contribution in [3.8, 4) is 5.88 Å². The van der Waals surface area contributed by atoms with E-state index in [2.05, 4.69) is 16.9 Å². The van der Waals surface area contributed by atoms with Gasteiger partial charge in [0.05, 0.1) is 6.07 Å². The Balaban J connectivity index is 2.10. The van der Waals surface area contributed by atoms with Crippen molar-refractivity contribution in [1.82, 2.24) is 9.97 Å². The Kier molecular flexibility index (Phi) is 3.82. The molecule has 1 fully saturated rings. The first kappa shape index (κ1) is 12.1. The molecule has 0 aromatic carbocycles. The molecule has 0 radical (unpaired) electrons. The first-order chi connectivity index (χ1) is 8.19. The topological polar surface area (TPSA) is 55.0 Å². The summed E-state index contributed by atoms with van der Waals surface area (Å²) >= 11 is 0. The Hall–Kier alpha value is -1.32. The molecular formula is C13H20N2O2. The molecule has 1 aliphatic carbocycles. The maximum atomic E-state index is 11.3. The van der Waals surface area contributed by atoms with Crippen LogP contribution in [-0.4, -0.2) is 16.1 Å². The van der Waals surface area contributed by atoms with Crippen LogP contribution in [0, 0.1) is 12.8 Å².